The molecule has 0 spiro atoms. The summed E-state index contributed by atoms with van der Waals surface area (Å²) in [5, 5.41) is 8.84. The van der Waals surface area contributed by atoms with Crippen LogP contribution in [0.15, 0.2) is 12.3 Å². The van der Waals surface area contributed by atoms with E-state index in [0.717, 1.165) is 18.5 Å². The molecule has 0 aliphatic rings. The van der Waals surface area contributed by atoms with Crippen molar-refractivity contribution in [3.63, 3.8) is 0 Å². The number of unbranched alkanes of at least 4 members (excludes halogenated alkanes) is 10. The van der Waals surface area contributed by atoms with E-state index < -0.39 is 5.97 Å². The van der Waals surface area contributed by atoms with Gasteiger partial charge in [0.15, 0.2) is 0 Å². The van der Waals surface area contributed by atoms with Crippen LogP contribution in [0.5, 0.6) is 0 Å². The zero-order valence-electron chi connectivity index (χ0n) is 13.5. The van der Waals surface area contributed by atoms with E-state index in [1.807, 2.05) is 0 Å². The predicted octanol–water partition coefficient (Wildman–Crippen LogP) is 5.57. The molecule has 0 bridgehead atoms. The van der Waals surface area contributed by atoms with Crippen molar-refractivity contribution >= 4 is 5.97 Å². The molecule has 3 heteroatoms. The third-order valence-electron chi connectivity index (χ3n) is 4.04. The Morgan fingerprint density at radius 2 is 1.48 bits per heavy atom. The third kappa shape index (κ3) is 8.59. The third-order valence-corrected chi connectivity index (χ3v) is 4.04. The Bertz CT molecular complexity index is 384. The second-order valence-corrected chi connectivity index (χ2v) is 6.00. The zero-order chi connectivity index (χ0) is 15.3. The molecule has 0 atom stereocenters. The van der Waals surface area contributed by atoms with Crippen molar-refractivity contribution < 1.29 is 9.90 Å². The first-order chi connectivity index (χ1) is 10.2. The van der Waals surface area contributed by atoms with Crippen molar-refractivity contribution in [3.05, 3.63) is 23.5 Å². The normalized spacial score (nSPS) is 10.9. The number of hydrogen-bond donors (Lipinski definition) is 2. The quantitative estimate of drug-likeness (QED) is 0.467. The lowest BCUT2D eigenvalue weighted by Crippen LogP contribution is -1.92. The van der Waals surface area contributed by atoms with Crippen LogP contribution in [-0.4, -0.2) is 16.1 Å². The molecule has 0 aliphatic carbocycles. The first-order valence-electron chi connectivity index (χ1n) is 8.64. The summed E-state index contributed by atoms with van der Waals surface area (Å²) in [6, 6.07) is 1.75. The van der Waals surface area contributed by atoms with Crippen LogP contribution in [-0.2, 0) is 6.42 Å². The van der Waals surface area contributed by atoms with Crippen molar-refractivity contribution in [3.8, 4) is 0 Å². The lowest BCUT2D eigenvalue weighted by molar-refractivity contribution is 0.0697. The van der Waals surface area contributed by atoms with Crippen LogP contribution in [0.4, 0.5) is 0 Å². The maximum absolute atomic E-state index is 10.8. The number of nitrogens with one attached hydrogen (secondary N) is 1. The molecule has 1 heterocycles. The number of aryl methyl sites for hydroxylation is 1. The molecule has 21 heavy (non-hydrogen) atoms. The second-order valence-electron chi connectivity index (χ2n) is 6.00. The minimum absolute atomic E-state index is 0.369. The number of hydrogen-bond acceptors (Lipinski definition) is 1. The molecule has 1 rings (SSSR count). The minimum atomic E-state index is -0.851. The fraction of sp³-hybridized carbons (Fsp3) is 0.722. The Morgan fingerprint density at radius 1 is 0.952 bits per heavy atom. The molecule has 1 aromatic heterocycles. The molecule has 0 aliphatic heterocycles. The van der Waals surface area contributed by atoms with Gasteiger partial charge in [0.2, 0.25) is 0 Å². The summed E-state index contributed by atoms with van der Waals surface area (Å²) in [7, 11) is 0. The number of H-pyrrole nitrogens is 1. The number of carboxylic acids is 1. The van der Waals surface area contributed by atoms with E-state index in [-0.39, 0.29) is 0 Å². The molecule has 3 nitrogen and oxygen atoms in total. The van der Waals surface area contributed by atoms with E-state index in [1.54, 1.807) is 12.3 Å². The fourth-order valence-electron chi connectivity index (χ4n) is 2.69. The van der Waals surface area contributed by atoms with Gasteiger partial charge in [-0.1, -0.05) is 71.1 Å². The molecular weight excluding hydrogens is 262 g/mol. The number of carbonyl (C=O) groups is 1. The number of aromatic carboxylic acids is 1. The van der Waals surface area contributed by atoms with Gasteiger partial charge in [0.05, 0.1) is 5.56 Å². The van der Waals surface area contributed by atoms with Crippen molar-refractivity contribution in [2.24, 2.45) is 0 Å². The number of aromatic amines is 1. The highest BCUT2D eigenvalue weighted by Crippen LogP contribution is 2.13. The first kappa shape index (κ1) is 17.8. The molecule has 0 radical (unpaired) electrons. The Balaban J connectivity index is 1.89. The summed E-state index contributed by atoms with van der Waals surface area (Å²) >= 11 is 0. The second kappa shape index (κ2) is 11.4. The van der Waals surface area contributed by atoms with Crippen molar-refractivity contribution in [2.75, 3.05) is 0 Å². The van der Waals surface area contributed by atoms with Gasteiger partial charge in [-0.25, -0.2) is 4.79 Å². The Labute approximate surface area is 129 Å². The van der Waals surface area contributed by atoms with Crippen LogP contribution >= 0.6 is 0 Å². The van der Waals surface area contributed by atoms with Crippen LogP contribution in [0.3, 0.4) is 0 Å². The highest BCUT2D eigenvalue weighted by Gasteiger charge is 2.05. The summed E-state index contributed by atoms with van der Waals surface area (Å²) in [5.74, 6) is -0.851. The topological polar surface area (TPSA) is 53.1 Å². The SMILES string of the molecule is CCCCCCCCCCCCCc1cc(C(=O)O)c[nH]1. The molecule has 1 aromatic rings. The van der Waals surface area contributed by atoms with E-state index in [0.29, 0.717) is 5.56 Å². The molecule has 0 saturated carbocycles. The first-order valence-corrected chi connectivity index (χ1v) is 8.64. The molecule has 0 amide bonds. The Kier molecular flexibility index (Phi) is 9.68. The molecule has 0 saturated heterocycles. The van der Waals surface area contributed by atoms with Gasteiger partial charge in [-0.3, -0.25) is 0 Å². The summed E-state index contributed by atoms with van der Waals surface area (Å²) in [4.78, 5) is 13.8. The lowest BCUT2D eigenvalue weighted by atomic mass is 10.0. The van der Waals surface area contributed by atoms with E-state index in [2.05, 4.69) is 11.9 Å². The average molecular weight is 293 g/mol. The van der Waals surface area contributed by atoms with Gasteiger partial charge in [0.25, 0.3) is 0 Å². The molecular formula is C18H31NO2. The van der Waals surface area contributed by atoms with Crippen LogP contribution in [0.2, 0.25) is 0 Å². The number of rotatable bonds is 13. The van der Waals surface area contributed by atoms with Gasteiger partial charge in [0, 0.05) is 11.9 Å². The summed E-state index contributed by atoms with van der Waals surface area (Å²) < 4.78 is 0. The Hall–Kier alpha value is -1.25. The monoisotopic (exact) mass is 293 g/mol. The highest BCUT2D eigenvalue weighted by molar-refractivity contribution is 5.87. The highest BCUT2D eigenvalue weighted by atomic mass is 16.4. The zero-order valence-corrected chi connectivity index (χ0v) is 13.5. The molecule has 0 fully saturated rings. The number of aromatic nitrogens is 1. The maximum atomic E-state index is 10.8. The van der Waals surface area contributed by atoms with Crippen molar-refractivity contribution in [1.82, 2.24) is 4.98 Å². The molecule has 0 unspecified atom stereocenters. The van der Waals surface area contributed by atoms with E-state index in [1.165, 1.54) is 64.2 Å². The standard InChI is InChI=1S/C18H31NO2/c1-2-3-4-5-6-7-8-9-10-11-12-13-17-14-16(15-19-17)18(20)21/h14-15,19H,2-13H2,1H3,(H,20,21). The van der Waals surface area contributed by atoms with Gasteiger partial charge in [0.1, 0.15) is 0 Å². The van der Waals surface area contributed by atoms with Crippen LogP contribution in [0.1, 0.15) is 93.6 Å². The molecule has 120 valence electrons. The van der Waals surface area contributed by atoms with Gasteiger partial charge in [-0.05, 0) is 18.9 Å². The van der Waals surface area contributed by atoms with Gasteiger partial charge < -0.3 is 10.1 Å². The van der Waals surface area contributed by atoms with Gasteiger partial charge >= 0.3 is 5.97 Å². The Morgan fingerprint density at radius 3 is 1.95 bits per heavy atom. The average Bonchev–Trinajstić information content (AvgIpc) is 2.94. The van der Waals surface area contributed by atoms with Crippen LogP contribution in [0.25, 0.3) is 0 Å². The summed E-state index contributed by atoms with van der Waals surface area (Å²) in [6.45, 7) is 2.26. The molecule has 0 aromatic carbocycles. The maximum Gasteiger partial charge on any atom is 0.337 e. The summed E-state index contributed by atoms with van der Waals surface area (Å²) in [5.41, 5.74) is 1.41. The fourth-order valence-corrected chi connectivity index (χ4v) is 2.69. The van der Waals surface area contributed by atoms with Crippen molar-refractivity contribution in [1.29, 1.82) is 0 Å². The largest absolute Gasteiger partial charge is 0.478 e. The van der Waals surface area contributed by atoms with Crippen molar-refractivity contribution in [2.45, 2.75) is 84.0 Å². The van der Waals surface area contributed by atoms with E-state index >= 15 is 0 Å². The summed E-state index contributed by atoms with van der Waals surface area (Å²) in [6.07, 6.45) is 17.3. The lowest BCUT2D eigenvalue weighted by Gasteiger charge is -2.02. The van der Waals surface area contributed by atoms with E-state index in [4.69, 9.17) is 5.11 Å². The van der Waals surface area contributed by atoms with Crippen LogP contribution < -0.4 is 0 Å². The molecule has 2 N–H and O–H groups in total. The number of carboxylic acid groups (broad SMARTS) is 1. The predicted molar refractivity (Wildman–Crippen MR) is 87.9 cm³/mol. The minimum Gasteiger partial charge on any atom is -0.478 e. The smallest absolute Gasteiger partial charge is 0.337 e. The van der Waals surface area contributed by atoms with Gasteiger partial charge in [-0.15, -0.1) is 0 Å². The van der Waals surface area contributed by atoms with E-state index in [9.17, 15) is 4.79 Å². The van der Waals surface area contributed by atoms with Gasteiger partial charge in [-0.2, -0.15) is 0 Å². The van der Waals surface area contributed by atoms with Crippen LogP contribution in [0, 0.1) is 0 Å².